The molecule has 0 saturated carbocycles. The molecule has 2 aromatic heterocycles. The van der Waals surface area contributed by atoms with Gasteiger partial charge in [0, 0.05) is 17.9 Å². The number of rotatable bonds is 6. The maximum Gasteiger partial charge on any atom is 0.262 e. The van der Waals surface area contributed by atoms with Gasteiger partial charge in [-0.2, -0.15) is 5.26 Å². The Labute approximate surface area is 158 Å². The summed E-state index contributed by atoms with van der Waals surface area (Å²) in [6, 6.07) is 11.7. The number of carbonyl (C=O) groups is 1. The number of hydrogen-bond donors (Lipinski definition) is 2. The van der Waals surface area contributed by atoms with Crippen molar-refractivity contribution in [2.45, 2.75) is 40.3 Å². The van der Waals surface area contributed by atoms with Crippen LogP contribution in [0.2, 0.25) is 0 Å². The Bertz CT molecular complexity index is 1020. The number of aromatic amines is 1. The van der Waals surface area contributed by atoms with Crippen LogP contribution in [0.1, 0.15) is 36.1 Å². The number of imidazole rings is 1. The van der Waals surface area contributed by atoms with E-state index in [9.17, 15) is 10.1 Å². The highest BCUT2D eigenvalue weighted by Crippen LogP contribution is 2.19. The fourth-order valence-corrected chi connectivity index (χ4v) is 3.19. The summed E-state index contributed by atoms with van der Waals surface area (Å²) in [4.78, 5) is 20.0. The number of aryl methyl sites for hydroxylation is 1. The average Bonchev–Trinajstić information content (AvgIpc) is 3.20. The molecular weight excluding hydrogens is 338 g/mol. The lowest BCUT2D eigenvalue weighted by atomic mass is 10.1. The van der Waals surface area contributed by atoms with E-state index in [2.05, 4.69) is 26.8 Å². The third-order valence-electron chi connectivity index (χ3n) is 4.58. The predicted octanol–water partition coefficient (Wildman–Crippen LogP) is 3.61. The lowest BCUT2D eigenvalue weighted by molar-refractivity contribution is -0.117. The molecule has 3 rings (SSSR count). The minimum atomic E-state index is -0.404. The van der Waals surface area contributed by atoms with Crippen LogP contribution >= 0.6 is 0 Å². The van der Waals surface area contributed by atoms with E-state index < -0.39 is 5.91 Å². The summed E-state index contributed by atoms with van der Waals surface area (Å²) in [5, 5.41) is 12.2. The lowest BCUT2D eigenvalue weighted by Gasteiger charge is -2.07. The molecule has 0 radical (unpaired) electrons. The van der Waals surface area contributed by atoms with Crippen LogP contribution < -0.4 is 5.32 Å². The summed E-state index contributed by atoms with van der Waals surface area (Å²) < 4.78 is 2.20. The molecule has 2 N–H and O–H groups in total. The molecule has 6 nitrogen and oxygen atoms in total. The number of benzene rings is 1. The number of aromatic nitrogens is 3. The zero-order chi connectivity index (χ0) is 19.4. The molecular formula is C21H23N5O. The van der Waals surface area contributed by atoms with Crippen molar-refractivity contribution in [1.29, 1.82) is 5.26 Å². The highest BCUT2D eigenvalue weighted by Gasteiger charge is 2.13. The highest BCUT2D eigenvalue weighted by molar-refractivity contribution is 6.01. The maximum atomic E-state index is 12.4. The fourth-order valence-electron chi connectivity index (χ4n) is 3.19. The van der Waals surface area contributed by atoms with E-state index in [0.29, 0.717) is 5.82 Å². The van der Waals surface area contributed by atoms with Gasteiger partial charge in [0.15, 0.2) is 0 Å². The predicted molar refractivity (Wildman–Crippen MR) is 106 cm³/mol. The first-order valence-corrected chi connectivity index (χ1v) is 9.03. The van der Waals surface area contributed by atoms with Gasteiger partial charge in [-0.05, 0) is 50.1 Å². The fraction of sp³-hybridized carbons (Fsp3) is 0.286. The van der Waals surface area contributed by atoms with E-state index >= 15 is 0 Å². The van der Waals surface area contributed by atoms with Crippen molar-refractivity contribution in [3.05, 3.63) is 58.7 Å². The molecule has 0 atom stereocenters. The van der Waals surface area contributed by atoms with Crippen molar-refractivity contribution < 1.29 is 4.79 Å². The van der Waals surface area contributed by atoms with Crippen LogP contribution in [0.25, 0.3) is 17.1 Å². The van der Waals surface area contributed by atoms with E-state index in [0.717, 1.165) is 41.0 Å². The summed E-state index contributed by atoms with van der Waals surface area (Å²) in [6.07, 6.45) is 2.69. The molecule has 1 amide bonds. The first-order valence-electron chi connectivity index (χ1n) is 9.03. The second-order valence-electron chi connectivity index (χ2n) is 6.53. The second kappa shape index (κ2) is 7.92. The molecule has 0 aliphatic carbocycles. The highest BCUT2D eigenvalue weighted by atomic mass is 16.1. The number of nitrogens with one attached hydrogen (secondary N) is 2. The Morgan fingerprint density at radius 1 is 1.37 bits per heavy atom. The first-order chi connectivity index (χ1) is 13.0. The van der Waals surface area contributed by atoms with Gasteiger partial charge in [0.05, 0.1) is 17.6 Å². The Kier molecular flexibility index (Phi) is 5.41. The molecule has 27 heavy (non-hydrogen) atoms. The number of carbonyl (C=O) groups excluding carboxylic acids is 1. The van der Waals surface area contributed by atoms with Crippen molar-refractivity contribution in [2.24, 2.45) is 0 Å². The number of hydrogen-bond acceptors (Lipinski definition) is 3. The average molecular weight is 361 g/mol. The maximum absolute atomic E-state index is 12.4. The standard InChI is InChI=1S/C21H23N5O/c1-4-9-26-14(2)10-16(15(26)3)11-17(12-22)21(27)23-13-20-24-18-7-5-6-8-19(18)25-20/h5-8,10-11H,4,9,13H2,1-3H3,(H,23,27)(H,24,25). The number of nitrogens with zero attached hydrogens (tertiary/aromatic N) is 3. The van der Waals surface area contributed by atoms with E-state index in [-0.39, 0.29) is 12.1 Å². The molecule has 0 spiro atoms. The lowest BCUT2D eigenvalue weighted by Crippen LogP contribution is -2.24. The molecule has 0 bridgehead atoms. The minimum Gasteiger partial charge on any atom is -0.349 e. The van der Waals surface area contributed by atoms with Crippen LogP contribution in [-0.2, 0) is 17.9 Å². The van der Waals surface area contributed by atoms with E-state index in [1.165, 1.54) is 0 Å². The summed E-state index contributed by atoms with van der Waals surface area (Å²) in [5.74, 6) is 0.251. The molecule has 3 aromatic rings. The Morgan fingerprint density at radius 2 is 2.15 bits per heavy atom. The van der Waals surface area contributed by atoms with Crippen LogP contribution in [-0.4, -0.2) is 20.4 Å². The van der Waals surface area contributed by atoms with Gasteiger partial charge in [-0.1, -0.05) is 19.1 Å². The molecule has 2 heterocycles. The van der Waals surface area contributed by atoms with Gasteiger partial charge in [-0.3, -0.25) is 4.79 Å². The molecule has 0 saturated heterocycles. The minimum absolute atomic E-state index is 0.0860. The molecule has 0 unspecified atom stereocenters. The van der Waals surface area contributed by atoms with Crippen LogP contribution in [0.15, 0.2) is 35.9 Å². The summed E-state index contributed by atoms with van der Waals surface area (Å²) >= 11 is 0. The number of H-pyrrole nitrogens is 1. The monoisotopic (exact) mass is 361 g/mol. The van der Waals surface area contributed by atoms with Crippen molar-refractivity contribution in [3.8, 4) is 6.07 Å². The topological polar surface area (TPSA) is 86.5 Å². The molecule has 0 fully saturated rings. The smallest absolute Gasteiger partial charge is 0.262 e. The van der Waals surface area contributed by atoms with Crippen LogP contribution in [0.3, 0.4) is 0 Å². The van der Waals surface area contributed by atoms with Crippen molar-refractivity contribution >= 4 is 23.0 Å². The van der Waals surface area contributed by atoms with Crippen molar-refractivity contribution in [2.75, 3.05) is 0 Å². The van der Waals surface area contributed by atoms with Gasteiger partial charge >= 0.3 is 0 Å². The van der Waals surface area contributed by atoms with Gasteiger partial charge < -0.3 is 14.9 Å². The zero-order valence-corrected chi connectivity index (χ0v) is 15.8. The Hall–Kier alpha value is -3.33. The largest absolute Gasteiger partial charge is 0.349 e. The third kappa shape index (κ3) is 3.93. The number of fused-ring (bicyclic) bond motifs is 1. The SMILES string of the molecule is CCCn1c(C)cc(C=C(C#N)C(=O)NCc2nc3ccccc3[nH]2)c1C. The number of nitriles is 1. The third-order valence-corrected chi connectivity index (χ3v) is 4.58. The second-order valence-corrected chi connectivity index (χ2v) is 6.53. The molecule has 0 aliphatic rings. The van der Waals surface area contributed by atoms with E-state index in [1.54, 1.807) is 6.08 Å². The zero-order valence-electron chi connectivity index (χ0n) is 15.8. The molecule has 138 valence electrons. The van der Waals surface area contributed by atoms with Crippen molar-refractivity contribution in [1.82, 2.24) is 19.9 Å². The first kappa shape index (κ1) is 18.5. The quantitative estimate of drug-likeness (QED) is 0.519. The van der Waals surface area contributed by atoms with Gasteiger partial charge in [0.1, 0.15) is 17.5 Å². The van der Waals surface area contributed by atoms with Gasteiger partial charge in [0.25, 0.3) is 5.91 Å². The summed E-state index contributed by atoms with van der Waals surface area (Å²) in [6.45, 7) is 7.33. The van der Waals surface area contributed by atoms with Crippen LogP contribution in [0.5, 0.6) is 0 Å². The summed E-state index contributed by atoms with van der Waals surface area (Å²) in [7, 11) is 0. The normalized spacial score (nSPS) is 11.6. The van der Waals surface area contributed by atoms with Gasteiger partial charge in [-0.15, -0.1) is 0 Å². The molecule has 6 heteroatoms. The van der Waals surface area contributed by atoms with Crippen LogP contribution in [0.4, 0.5) is 0 Å². The van der Waals surface area contributed by atoms with Crippen molar-refractivity contribution in [3.63, 3.8) is 0 Å². The summed E-state index contributed by atoms with van der Waals surface area (Å²) in [5.41, 5.74) is 4.94. The Balaban J connectivity index is 1.75. The number of para-hydroxylation sites is 2. The van der Waals surface area contributed by atoms with Crippen LogP contribution in [0, 0.1) is 25.2 Å². The molecule has 1 aromatic carbocycles. The van der Waals surface area contributed by atoms with Gasteiger partial charge in [0.2, 0.25) is 0 Å². The number of amides is 1. The Morgan fingerprint density at radius 3 is 2.85 bits per heavy atom. The van der Waals surface area contributed by atoms with Gasteiger partial charge in [-0.25, -0.2) is 4.98 Å². The van der Waals surface area contributed by atoms with E-state index in [1.807, 2.05) is 50.2 Å². The molecule has 0 aliphatic heterocycles. The van der Waals surface area contributed by atoms with E-state index in [4.69, 9.17) is 0 Å².